The number of thiophene rings is 1. The van der Waals surface area contributed by atoms with E-state index in [0.717, 1.165) is 18.2 Å². The Morgan fingerprint density at radius 1 is 1.16 bits per heavy atom. The normalized spacial score (nSPS) is 11.0. The van der Waals surface area contributed by atoms with Crippen LogP contribution in [0, 0.1) is 17.1 Å². The molecule has 2 heterocycles. The van der Waals surface area contributed by atoms with Crippen LogP contribution < -0.4 is 10.9 Å². The number of hydrogen-bond acceptors (Lipinski definition) is 6. The van der Waals surface area contributed by atoms with Gasteiger partial charge in [-0.1, -0.05) is 17.8 Å². The van der Waals surface area contributed by atoms with E-state index in [9.17, 15) is 32.4 Å². The molecule has 6 nitrogen and oxygen atoms in total. The van der Waals surface area contributed by atoms with Gasteiger partial charge in [0.25, 0.3) is 5.91 Å². The molecule has 0 atom stereocenters. The molecule has 0 saturated heterocycles. The van der Waals surface area contributed by atoms with Crippen molar-refractivity contribution in [1.29, 1.82) is 5.26 Å². The molecule has 0 bridgehead atoms. The number of benzene rings is 1. The van der Waals surface area contributed by atoms with Gasteiger partial charge in [-0.2, -0.15) is 18.4 Å². The van der Waals surface area contributed by atoms with Crippen molar-refractivity contribution in [3.8, 4) is 16.6 Å². The summed E-state index contributed by atoms with van der Waals surface area (Å²) >= 11 is 1.81. The lowest BCUT2D eigenvalue weighted by molar-refractivity contribution is -0.138. The van der Waals surface area contributed by atoms with Crippen molar-refractivity contribution in [1.82, 2.24) is 15.8 Å². The Balaban J connectivity index is 1.74. The predicted molar refractivity (Wildman–Crippen MR) is 110 cm³/mol. The molecule has 2 aromatic heterocycles. The van der Waals surface area contributed by atoms with Gasteiger partial charge in [-0.25, -0.2) is 9.37 Å². The highest BCUT2D eigenvalue weighted by Crippen LogP contribution is 2.38. The number of nitriles is 1. The average molecular weight is 480 g/mol. The standard InChI is InChI=1S/C20H12F4N4O2S2/c21-12-5-3-11(4-6-12)18(30)28-27-17(29)10-32-19-13(9-25)14(20(22,23)24)8-15(26-19)16-2-1-7-31-16/h1-8H,10H2,(H,27,29)(H,28,30). The summed E-state index contributed by atoms with van der Waals surface area (Å²) in [6, 6.07) is 10.1. The maximum atomic E-state index is 13.5. The molecule has 3 rings (SSSR count). The minimum Gasteiger partial charge on any atom is -0.272 e. The predicted octanol–water partition coefficient (Wildman–Crippen LogP) is 4.39. The van der Waals surface area contributed by atoms with Gasteiger partial charge in [0, 0.05) is 5.56 Å². The molecule has 2 N–H and O–H groups in total. The molecule has 164 valence electrons. The topological polar surface area (TPSA) is 94.9 Å². The van der Waals surface area contributed by atoms with Crippen molar-refractivity contribution in [2.75, 3.05) is 5.75 Å². The fourth-order valence-corrected chi connectivity index (χ4v) is 3.97. The van der Waals surface area contributed by atoms with Gasteiger partial charge in [-0.15, -0.1) is 11.3 Å². The molecule has 0 aliphatic rings. The Hall–Kier alpha value is -3.43. The van der Waals surface area contributed by atoms with E-state index in [-0.39, 0.29) is 16.3 Å². The van der Waals surface area contributed by atoms with Gasteiger partial charge in [0.1, 0.15) is 16.9 Å². The zero-order valence-electron chi connectivity index (χ0n) is 15.9. The Morgan fingerprint density at radius 2 is 1.88 bits per heavy atom. The number of carbonyl (C=O) groups excluding carboxylic acids is 2. The molecule has 0 unspecified atom stereocenters. The second kappa shape index (κ2) is 9.80. The van der Waals surface area contributed by atoms with Crippen LogP contribution in [0.25, 0.3) is 10.6 Å². The van der Waals surface area contributed by atoms with Crippen LogP contribution in [0.1, 0.15) is 21.5 Å². The summed E-state index contributed by atoms with van der Waals surface area (Å²) in [5, 5.41) is 10.7. The van der Waals surface area contributed by atoms with Gasteiger partial charge >= 0.3 is 6.18 Å². The Kier molecular flexibility index (Phi) is 7.12. The molecule has 32 heavy (non-hydrogen) atoms. The molecule has 0 fully saturated rings. The Labute approximate surface area is 187 Å². The quantitative estimate of drug-likeness (QED) is 0.321. The molecule has 2 amide bonds. The van der Waals surface area contributed by atoms with Gasteiger partial charge in [-0.3, -0.25) is 20.4 Å². The summed E-state index contributed by atoms with van der Waals surface area (Å²) in [5.41, 5.74) is 2.50. The van der Waals surface area contributed by atoms with Crippen LogP contribution in [0.4, 0.5) is 17.6 Å². The number of pyridine rings is 1. The maximum absolute atomic E-state index is 13.5. The largest absolute Gasteiger partial charge is 0.417 e. The molecule has 0 saturated carbocycles. The summed E-state index contributed by atoms with van der Waals surface area (Å²) in [6.45, 7) is 0. The maximum Gasteiger partial charge on any atom is 0.417 e. The number of hydrazine groups is 1. The van der Waals surface area contributed by atoms with Crippen LogP contribution in [0.15, 0.2) is 52.9 Å². The average Bonchev–Trinajstić information content (AvgIpc) is 3.30. The fraction of sp³-hybridized carbons (Fsp3) is 0.100. The van der Waals surface area contributed by atoms with Crippen LogP contribution in [0.2, 0.25) is 0 Å². The van der Waals surface area contributed by atoms with Crippen molar-refractivity contribution >= 4 is 34.9 Å². The first-order valence-electron chi connectivity index (χ1n) is 8.73. The number of amides is 2. The second-order valence-corrected chi connectivity index (χ2v) is 8.03. The number of aromatic nitrogens is 1. The summed E-state index contributed by atoms with van der Waals surface area (Å²) in [6.07, 6.45) is -4.79. The van der Waals surface area contributed by atoms with E-state index >= 15 is 0 Å². The third-order valence-electron chi connectivity index (χ3n) is 3.94. The highest BCUT2D eigenvalue weighted by molar-refractivity contribution is 8.00. The lowest BCUT2D eigenvalue weighted by Gasteiger charge is -2.13. The van der Waals surface area contributed by atoms with Crippen LogP contribution in [-0.4, -0.2) is 22.6 Å². The van der Waals surface area contributed by atoms with Gasteiger partial charge < -0.3 is 0 Å². The molecule has 0 aliphatic carbocycles. The van der Waals surface area contributed by atoms with E-state index in [2.05, 4.69) is 15.8 Å². The van der Waals surface area contributed by atoms with Crippen molar-refractivity contribution in [2.45, 2.75) is 11.2 Å². The van der Waals surface area contributed by atoms with Crippen molar-refractivity contribution in [2.24, 2.45) is 0 Å². The van der Waals surface area contributed by atoms with Crippen LogP contribution >= 0.6 is 23.1 Å². The number of carbonyl (C=O) groups is 2. The zero-order valence-corrected chi connectivity index (χ0v) is 17.5. The minimum absolute atomic E-state index is 0.0267. The minimum atomic E-state index is -4.79. The monoisotopic (exact) mass is 480 g/mol. The van der Waals surface area contributed by atoms with E-state index in [1.807, 2.05) is 0 Å². The number of nitrogens with zero attached hydrogens (tertiary/aromatic N) is 2. The number of alkyl halides is 3. The van der Waals surface area contributed by atoms with E-state index in [1.54, 1.807) is 17.5 Å². The third kappa shape index (κ3) is 5.63. The lowest BCUT2D eigenvalue weighted by Crippen LogP contribution is -2.42. The zero-order chi connectivity index (χ0) is 23.3. The first-order valence-corrected chi connectivity index (χ1v) is 10.6. The third-order valence-corrected chi connectivity index (χ3v) is 5.81. The van der Waals surface area contributed by atoms with Gasteiger partial charge in [0.05, 0.1) is 27.5 Å². The fourth-order valence-electron chi connectivity index (χ4n) is 2.48. The van der Waals surface area contributed by atoms with Crippen LogP contribution in [-0.2, 0) is 11.0 Å². The number of hydrogen-bond donors (Lipinski definition) is 2. The smallest absolute Gasteiger partial charge is 0.272 e. The molecule has 3 aromatic rings. The summed E-state index contributed by atoms with van der Waals surface area (Å²) in [4.78, 5) is 28.6. The van der Waals surface area contributed by atoms with Crippen LogP contribution in [0.3, 0.4) is 0 Å². The SMILES string of the molecule is N#Cc1c(C(F)(F)F)cc(-c2cccs2)nc1SCC(=O)NNC(=O)c1ccc(F)cc1. The second-order valence-electron chi connectivity index (χ2n) is 6.12. The van der Waals surface area contributed by atoms with Crippen molar-refractivity contribution in [3.05, 3.63) is 70.4 Å². The first kappa shape index (κ1) is 23.2. The lowest BCUT2D eigenvalue weighted by atomic mass is 10.1. The number of rotatable bonds is 5. The Morgan fingerprint density at radius 3 is 2.47 bits per heavy atom. The molecule has 0 radical (unpaired) electrons. The highest BCUT2D eigenvalue weighted by Gasteiger charge is 2.36. The van der Waals surface area contributed by atoms with Crippen LogP contribution in [0.5, 0.6) is 0 Å². The highest BCUT2D eigenvalue weighted by atomic mass is 32.2. The Bertz CT molecular complexity index is 1170. The number of thioether (sulfide) groups is 1. The molecule has 0 aliphatic heterocycles. The van der Waals surface area contributed by atoms with E-state index in [1.165, 1.54) is 29.5 Å². The van der Waals surface area contributed by atoms with E-state index in [4.69, 9.17) is 0 Å². The molecule has 12 heteroatoms. The number of nitrogens with one attached hydrogen (secondary N) is 2. The van der Waals surface area contributed by atoms with E-state index < -0.39 is 40.7 Å². The molecular formula is C20H12F4N4O2S2. The summed E-state index contributed by atoms with van der Waals surface area (Å²) < 4.78 is 53.4. The van der Waals surface area contributed by atoms with Gasteiger partial charge in [0.15, 0.2) is 0 Å². The van der Waals surface area contributed by atoms with Crippen molar-refractivity contribution < 1.29 is 27.2 Å². The van der Waals surface area contributed by atoms with E-state index in [0.29, 0.717) is 16.6 Å². The molecule has 0 spiro atoms. The van der Waals surface area contributed by atoms with Gasteiger partial charge in [0.2, 0.25) is 5.91 Å². The first-order chi connectivity index (χ1) is 15.2. The number of halogens is 4. The molecule has 1 aromatic carbocycles. The van der Waals surface area contributed by atoms with Gasteiger partial charge in [-0.05, 0) is 41.8 Å². The summed E-state index contributed by atoms with van der Waals surface area (Å²) in [7, 11) is 0. The molecular weight excluding hydrogens is 468 g/mol. The van der Waals surface area contributed by atoms with Crippen molar-refractivity contribution in [3.63, 3.8) is 0 Å². The summed E-state index contributed by atoms with van der Waals surface area (Å²) in [5.74, 6) is -2.41.